The van der Waals surface area contributed by atoms with Gasteiger partial charge in [0.05, 0.1) is 25.4 Å². The summed E-state index contributed by atoms with van der Waals surface area (Å²) in [6.07, 6.45) is 80.3. The van der Waals surface area contributed by atoms with Gasteiger partial charge in [0.25, 0.3) is 0 Å². The van der Waals surface area contributed by atoms with E-state index in [9.17, 15) is 35.1 Å². The number of hydrogen-bond donors (Lipinski definition) is 6. The molecular formula is C83H155NO10. The van der Waals surface area contributed by atoms with Gasteiger partial charge in [-0.15, -0.1) is 0 Å². The van der Waals surface area contributed by atoms with E-state index in [1.807, 2.05) is 6.08 Å². The summed E-state index contributed by atoms with van der Waals surface area (Å²) in [5, 5.41) is 57.5. The first-order valence-corrected chi connectivity index (χ1v) is 40.9. The summed E-state index contributed by atoms with van der Waals surface area (Å²) in [5.74, 6) is -1.18. The number of unbranched alkanes of at least 4 members (excludes halogenated alkanes) is 52. The number of esters is 1. The maximum atomic E-state index is 13.5. The molecule has 552 valence electrons. The fraction of sp³-hybridized carbons (Fsp3) is 0.880. The molecule has 1 aliphatic heterocycles. The fourth-order valence-electron chi connectivity index (χ4n) is 13.1. The Bertz CT molecular complexity index is 1720. The van der Waals surface area contributed by atoms with Crippen LogP contribution in [0.3, 0.4) is 0 Å². The zero-order valence-electron chi connectivity index (χ0n) is 61.9. The Balaban J connectivity index is 2.46. The average Bonchev–Trinajstić information content (AvgIpc) is 0.828. The molecule has 0 saturated carbocycles. The number of nitrogens with one attached hydrogen (secondary N) is 1. The van der Waals surface area contributed by atoms with Crippen molar-refractivity contribution in [1.29, 1.82) is 0 Å². The van der Waals surface area contributed by atoms with E-state index >= 15 is 0 Å². The van der Waals surface area contributed by atoms with Gasteiger partial charge in [-0.05, 0) is 64.2 Å². The summed E-state index contributed by atoms with van der Waals surface area (Å²) >= 11 is 0. The van der Waals surface area contributed by atoms with Gasteiger partial charge >= 0.3 is 5.97 Å². The molecule has 8 unspecified atom stereocenters. The second-order valence-electron chi connectivity index (χ2n) is 28.5. The van der Waals surface area contributed by atoms with E-state index in [1.165, 1.54) is 289 Å². The molecule has 1 fully saturated rings. The van der Waals surface area contributed by atoms with Crippen molar-refractivity contribution in [2.75, 3.05) is 13.2 Å². The minimum absolute atomic E-state index is 0.129. The highest BCUT2D eigenvalue weighted by Gasteiger charge is 2.47. The summed E-state index contributed by atoms with van der Waals surface area (Å²) in [6, 6.07) is -1.02. The molecule has 0 spiro atoms. The highest BCUT2D eigenvalue weighted by Crippen LogP contribution is 2.27. The van der Waals surface area contributed by atoms with Crippen molar-refractivity contribution in [3.05, 3.63) is 48.6 Å². The molecule has 1 saturated heterocycles. The summed E-state index contributed by atoms with van der Waals surface area (Å²) in [4.78, 5) is 26.8. The quantitative estimate of drug-likeness (QED) is 0.0195. The van der Waals surface area contributed by atoms with Crippen LogP contribution in [0.4, 0.5) is 0 Å². The first-order valence-electron chi connectivity index (χ1n) is 40.9. The van der Waals surface area contributed by atoms with Crippen molar-refractivity contribution >= 4 is 11.9 Å². The SMILES string of the molecule is CCCCC/C=C\C/C=C\C/C=C\CCCCCCCCCCCCCCCC(O)C(=O)NC(COC1OC(CO)C(O)C(O)C1OC(=O)CCCCCCCCCCCCCCCCCCCCCCCCCCCCC)C(O)/C=C/CCCCCCCCCCCC. The Morgan fingerprint density at radius 2 is 0.734 bits per heavy atom. The van der Waals surface area contributed by atoms with Crippen LogP contribution in [0.5, 0.6) is 0 Å². The van der Waals surface area contributed by atoms with E-state index in [0.29, 0.717) is 19.3 Å². The standard InChI is InChI=1S/C83H155NO10/c1-4-7-10-13-16-19-22-25-27-29-31-33-35-37-39-41-43-45-47-49-51-53-56-59-62-65-68-71-78(88)94-81-80(90)79(89)77(72-85)93-83(81)92-73-74(75(86)69-66-63-60-57-54-24-21-18-15-12-9-6-3)84-82(91)76(87)70-67-64-61-58-55-52-50-48-46-44-42-40-38-36-34-32-30-28-26-23-20-17-14-11-8-5-2/h17,20,26,28,32,34,66,69,74-77,79-81,83,85-87,89-90H,4-16,18-19,21-25,27,29-31,33,35-65,67-68,70-73H2,1-3H3,(H,84,91)/b20-17-,28-26-,34-32-,69-66+. The summed E-state index contributed by atoms with van der Waals surface area (Å²) in [7, 11) is 0. The molecule has 1 aliphatic rings. The van der Waals surface area contributed by atoms with E-state index in [4.69, 9.17) is 14.2 Å². The van der Waals surface area contributed by atoms with Crippen LogP contribution in [0.2, 0.25) is 0 Å². The molecule has 11 heteroatoms. The topological polar surface area (TPSA) is 175 Å². The van der Waals surface area contributed by atoms with Crippen molar-refractivity contribution in [2.45, 2.75) is 455 Å². The van der Waals surface area contributed by atoms with Gasteiger partial charge in [0.2, 0.25) is 5.91 Å². The first-order chi connectivity index (χ1) is 46.2. The minimum Gasteiger partial charge on any atom is -0.454 e. The van der Waals surface area contributed by atoms with Crippen LogP contribution in [-0.4, -0.2) is 99.6 Å². The second-order valence-corrected chi connectivity index (χ2v) is 28.5. The third kappa shape index (κ3) is 56.5. The highest BCUT2D eigenvalue weighted by atomic mass is 16.7. The normalized spacial score (nSPS) is 18.0. The fourth-order valence-corrected chi connectivity index (χ4v) is 13.1. The number of aliphatic hydroxyl groups is 5. The maximum absolute atomic E-state index is 13.5. The van der Waals surface area contributed by atoms with E-state index in [2.05, 4.69) is 62.5 Å². The van der Waals surface area contributed by atoms with Crippen LogP contribution >= 0.6 is 0 Å². The van der Waals surface area contributed by atoms with Gasteiger partial charge in [0, 0.05) is 6.42 Å². The van der Waals surface area contributed by atoms with Crippen molar-refractivity contribution in [1.82, 2.24) is 5.32 Å². The smallest absolute Gasteiger partial charge is 0.306 e. The third-order valence-electron chi connectivity index (χ3n) is 19.5. The molecule has 0 aromatic carbocycles. The monoisotopic (exact) mass is 1330 g/mol. The molecule has 1 rings (SSSR count). The van der Waals surface area contributed by atoms with Crippen molar-refractivity contribution in [3.63, 3.8) is 0 Å². The number of aliphatic hydroxyl groups excluding tert-OH is 5. The molecule has 0 radical (unpaired) electrons. The molecule has 94 heavy (non-hydrogen) atoms. The zero-order valence-corrected chi connectivity index (χ0v) is 61.9. The third-order valence-corrected chi connectivity index (χ3v) is 19.5. The number of carbonyl (C=O) groups is 2. The molecule has 0 aromatic rings. The van der Waals surface area contributed by atoms with Crippen molar-refractivity contribution < 1.29 is 49.3 Å². The molecule has 0 bridgehead atoms. The molecule has 6 N–H and O–H groups in total. The van der Waals surface area contributed by atoms with Gasteiger partial charge in [-0.3, -0.25) is 9.59 Å². The predicted molar refractivity (Wildman–Crippen MR) is 398 cm³/mol. The lowest BCUT2D eigenvalue weighted by Gasteiger charge is -2.41. The Morgan fingerprint density at radius 1 is 0.415 bits per heavy atom. The lowest BCUT2D eigenvalue weighted by Crippen LogP contribution is -2.61. The second kappa shape index (κ2) is 70.5. The van der Waals surface area contributed by atoms with Crippen LogP contribution in [0.15, 0.2) is 48.6 Å². The van der Waals surface area contributed by atoms with E-state index in [-0.39, 0.29) is 13.0 Å². The molecule has 1 amide bonds. The van der Waals surface area contributed by atoms with E-state index in [1.54, 1.807) is 6.08 Å². The molecular weight excluding hydrogens is 1170 g/mol. The highest BCUT2D eigenvalue weighted by molar-refractivity contribution is 5.80. The Hall–Kier alpha value is -2.38. The van der Waals surface area contributed by atoms with E-state index < -0.39 is 67.4 Å². The van der Waals surface area contributed by atoms with Gasteiger partial charge in [-0.2, -0.15) is 0 Å². The maximum Gasteiger partial charge on any atom is 0.306 e. The zero-order chi connectivity index (χ0) is 68.1. The molecule has 1 heterocycles. The Kier molecular flexibility index (Phi) is 67.2. The van der Waals surface area contributed by atoms with Crippen LogP contribution in [0.1, 0.15) is 406 Å². The van der Waals surface area contributed by atoms with Crippen LogP contribution in [0.25, 0.3) is 0 Å². The lowest BCUT2D eigenvalue weighted by molar-refractivity contribution is -0.305. The number of hydrogen-bond acceptors (Lipinski definition) is 10. The predicted octanol–water partition coefficient (Wildman–Crippen LogP) is 22.3. The Morgan fingerprint density at radius 3 is 1.12 bits per heavy atom. The molecule has 0 aliphatic carbocycles. The van der Waals surface area contributed by atoms with Gasteiger partial charge in [0.1, 0.15) is 24.4 Å². The Labute approximate surface area is 580 Å². The van der Waals surface area contributed by atoms with Gasteiger partial charge in [-0.1, -0.05) is 384 Å². The average molecular weight is 1330 g/mol. The number of amides is 1. The molecule has 8 atom stereocenters. The van der Waals surface area contributed by atoms with Crippen LogP contribution in [-0.2, 0) is 23.8 Å². The van der Waals surface area contributed by atoms with Crippen LogP contribution in [0, 0.1) is 0 Å². The summed E-state index contributed by atoms with van der Waals surface area (Å²) in [5.41, 5.74) is 0. The van der Waals surface area contributed by atoms with E-state index in [0.717, 1.165) is 70.6 Å². The number of ether oxygens (including phenoxy) is 3. The molecule has 0 aromatic heterocycles. The van der Waals surface area contributed by atoms with Gasteiger partial charge in [0.15, 0.2) is 12.4 Å². The van der Waals surface area contributed by atoms with Gasteiger partial charge in [-0.25, -0.2) is 0 Å². The first kappa shape index (κ1) is 89.6. The number of rotatable bonds is 72. The summed E-state index contributed by atoms with van der Waals surface area (Å²) in [6.45, 7) is 5.84. The number of carbonyl (C=O) groups excluding carboxylic acids is 2. The number of allylic oxidation sites excluding steroid dienone is 7. The minimum atomic E-state index is -1.61. The van der Waals surface area contributed by atoms with Crippen molar-refractivity contribution in [3.8, 4) is 0 Å². The lowest BCUT2D eigenvalue weighted by atomic mass is 9.99. The summed E-state index contributed by atoms with van der Waals surface area (Å²) < 4.78 is 17.8. The van der Waals surface area contributed by atoms with Gasteiger partial charge < -0.3 is 45.1 Å². The van der Waals surface area contributed by atoms with Crippen LogP contribution < -0.4 is 5.32 Å². The largest absolute Gasteiger partial charge is 0.454 e. The molecule has 11 nitrogen and oxygen atoms in total. The van der Waals surface area contributed by atoms with Crippen molar-refractivity contribution in [2.24, 2.45) is 0 Å².